The fourth-order valence-corrected chi connectivity index (χ4v) is 1.55. The Morgan fingerprint density at radius 1 is 1.73 bits per heavy atom. The van der Waals surface area contributed by atoms with Gasteiger partial charge in [0.2, 0.25) is 0 Å². The lowest BCUT2D eigenvalue weighted by molar-refractivity contribution is 0.259. The first kappa shape index (κ1) is 9.06. The highest BCUT2D eigenvalue weighted by atomic mass is 32.1. The highest BCUT2D eigenvalue weighted by Gasteiger charge is 2.18. The van der Waals surface area contributed by atoms with E-state index in [2.05, 4.69) is 10.6 Å². The maximum absolute atomic E-state index is 8.44. The second-order valence-electron chi connectivity index (χ2n) is 2.67. The van der Waals surface area contributed by atoms with Gasteiger partial charge in [0.05, 0.1) is 6.73 Å². The lowest BCUT2D eigenvalue weighted by Crippen LogP contribution is -2.30. The number of hydrogen-bond acceptors (Lipinski definition) is 4. The zero-order chi connectivity index (χ0) is 8.10. The molecule has 0 saturated carbocycles. The fourth-order valence-electron chi connectivity index (χ4n) is 1.25. The van der Waals surface area contributed by atoms with Crippen molar-refractivity contribution in [2.45, 2.75) is 18.9 Å². The first-order valence-electron chi connectivity index (χ1n) is 3.92. The third-order valence-electron chi connectivity index (χ3n) is 1.87. The van der Waals surface area contributed by atoms with Crippen molar-refractivity contribution in [2.75, 3.05) is 19.8 Å². The summed E-state index contributed by atoms with van der Waals surface area (Å²) in [4.78, 5) is 1.13. The molecule has 1 unspecified atom stereocenters. The van der Waals surface area contributed by atoms with Crippen molar-refractivity contribution >= 4 is 17.1 Å². The number of aliphatic hydroxyl groups excluding tert-OH is 1. The summed E-state index contributed by atoms with van der Waals surface area (Å²) in [5.41, 5.74) is 0. The van der Waals surface area contributed by atoms with Crippen LogP contribution in [0.15, 0.2) is 0 Å². The van der Waals surface area contributed by atoms with E-state index in [1.165, 1.54) is 0 Å². The topological polar surface area (TPSA) is 44.3 Å². The molecular weight excluding hydrogens is 160 g/mol. The van der Waals surface area contributed by atoms with Crippen LogP contribution in [0.4, 0.5) is 0 Å². The van der Waals surface area contributed by atoms with Gasteiger partial charge in [0, 0.05) is 17.5 Å². The third kappa shape index (κ3) is 2.83. The molecule has 3 nitrogen and oxygen atoms in total. The lowest BCUT2D eigenvalue weighted by atomic mass is 10.1. The van der Waals surface area contributed by atoms with E-state index in [4.69, 9.17) is 17.3 Å². The Morgan fingerprint density at radius 2 is 2.55 bits per heavy atom. The summed E-state index contributed by atoms with van der Waals surface area (Å²) in [5, 5.41) is 14.6. The van der Waals surface area contributed by atoms with E-state index in [-0.39, 0.29) is 6.73 Å². The van der Waals surface area contributed by atoms with Crippen LogP contribution >= 0.6 is 12.2 Å². The smallest absolute Gasteiger partial charge is 0.0931 e. The van der Waals surface area contributed by atoms with Gasteiger partial charge in [0.15, 0.2) is 0 Å². The summed E-state index contributed by atoms with van der Waals surface area (Å²) < 4.78 is 0. The molecule has 64 valence electrons. The van der Waals surface area contributed by atoms with Gasteiger partial charge in [-0.05, 0) is 19.4 Å². The van der Waals surface area contributed by atoms with Crippen LogP contribution < -0.4 is 10.6 Å². The van der Waals surface area contributed by atoms with Crippen molar-refractivity contribution in [3.8, 4) is 0 Å². The van der Waals surface area contributed by atoms with Gasteiger partial charge in [-0.2, -0.15) is 0 Å². The van der Waals surface area contributed by atoms with E-state index in [9.17, 15) is 0 Å². The molecule has 0 amide bonds. The van der Waals surface area contributed by atoms with Crippen LogP contribution in [0.3, 0.4) is 0 Å². The molecule has 4 heteroatoms. The molecule has 0 aliphatic carbocycles. The third-order valence-corrected chi connectivity index (χ3v) is 2.36. The number of aliphatic hydroxyl groups is 1. The Morgan fingerprint density at radius 3 is 3.09 bits per heavy atom. The van der Waals surface area contributed by atoms with Crippen LogP contribution in [0.2, 0.25) is 0 Å². The number of thiocarbonyl (C=S) groups is 1. The Hall–Kier alpha value is -0.0300. The summed E-state index contributed by atoms with van der Waals surface area (Å²) in [6.07, 6.45) is 2.01. The standard InChI is InChI=1S/C7H14N2OS/c10-5-8-3-1-6-7(11)2-4-9-6/h6,8-10H,1-5H2. The van der Waals surface area contributed by atoms with Gasteiger partial charge in [-0.3, -0.25) is 5.32 Å². The Bertz CT molecular complexity index is 140. The summed E-state index contributed by atoms with van der Waals surface area (Å²) in [6.45, 7) is 1.90. The van der Waals surface area contributed by atoms with E-state index in [1.807, 2.05) is 0 Å². The minimum absolute atomic E-state index is 0.0550. The molecule has 0 bridgehead atoms. The average Bonchev–Trinajstić information content (AvgIpc) is 2.37. The van der Waals surface area contributed by atoms with Gasteiger partial charge in [-0.25, -0.2) is 0 Å². The van der Waals surface area contributed by atoms with E-state index < -0.39 is 0 Å². The first-order valence-corrected chi connectivity index (χ1v) is 4.33. The SMILES string of the molecule is OCNCCC1NCCC1=S. The van der Waals surface area contributed by atoms with E-state index in [0.29, 0.717) is 6.04 Å². The van der Waals surface area contributed by atoms with Gasteiger partial charge < -0.3 is 10.4 Å². The maximum Gasteiger partial charge on any atom is 0.0931 e. The zero-order valence-electron chi connectivity index (χ0n) is 6.47. The Kier molecular flexibility index (Phi) is 3.93. The van der Waals surface area contributed by atoms with Crippen LogP contribution in [-0.4, -0.2) is 35.8 Å². The molecule has 0 radical (unpaired) electrons. The normalized spacial score (nSPS) is 24.5. The second kappa shape index (κ2) is 4.77. The van der Waals surface area contributed by atoms with Gasteiger partial charge in [0.1, 0.15) is 0 Å². The summed E-state index contributed by atoms with van der Waals surface area (Å²) in [7, 11) is 0. The van der Waals surface area contributed by atoms with Crippen LogP contribution in [0.5, 0.6) is 0 Å². The highest BCUT2D eigenvalue weighted by molar-refractivity contribution is 7.80. The molecule has 0 aromatic carbocycles. The molecule has 3 N–H and O–H groups in total. The fraction of sp³-hybridized carbons (Fsp3) is 0.857. The molecule has 1 heterocycles. The minimum Gasteiger partial charge on any atom is -0.381 e. The van der Waals surface area contributed by atoms with E-state index >= 15 is 0 Å². The number of hydrogen-bond donors (Lipinski definition) is 3. The van der Waals surface area contributed by atoms with Gasteiger partial charge in [-0.15, -0.1) is 0 Å². The quantitative estimate of drug-likeness (QED) is 0.310. The lowest BCUT2D eigenvalue weighted by Gasteiger charge is -2.09. The highest BCUT2D eigenvalue weighted by Crippen LogP contribution is 2.05. The molecule has 0 aromatic rings. The van der Waals surface area contributed by atoms with Crippen molar-refractivity contribution in [2.24, 2.45) is 0 Å². The molecule has 1 atom stereocenters. The number of rotatable bonds is 4. The van der Waals surface area contributed by atoms with Crippen LogP contribution in [0, 0.1) is 0 Å². The van der Waals surface area contributed by atoms with Gasteiger partial charge in [0.25, 0.3) is 0 Å². The first-order chi connectivity index (χ1) is 5.34. The summed E-state index contributed by atoms with van der Waals surface area (Å²) in [6, 6.07) is 0.393. The van der Waals surface area contributed by atoms with Gasteiger partial charge in [-0.1, -0.05) is 12.2 Å². The number of nitrogens with one attached hydrogen (secondary N) is 2. The molecule has 11 heavy (non-hydrogen) atoms. The van der Waals surface area contributed by atoms with Crippen molar-refractivity contribution in [1.82, 2.24) is 10.6 Å². The zero-order valence-corrected chi connectivity index (χ0v) is 7.28. The molecule has 1 fully saturated rings. The molecule has 0 spiro atoms. The molecule has 0 aromatic heterocycles. The molecule has 1 aliphatic heterocycles. The molecule has 1 saturated heterocycles. The van der Waals surface area contributed by atoms with Crippen molar-refractivity contribution in [3.63, 3.8) is 0 Å². The predicted molar refractivity (Wildman–Crippen MR) is 48.7 cm³/mol. The Labute approximate surface area is 72.2 Å². The summed E-state index contributed by atoms with van der Waals surface area (Å²) in [5.74, 6) is 0. The summed E-state index contributed by atoms with van der Waals surface area (Å²) >= 11 is 5.14. The van der Waals surface area contributed by atoms with Gasteiger partial charge >= 0.3 is 0 Å². The van der Waals surface area contributed by atoms with E-state index in [0.717, 1.165) is 30.8 Å². The molecule has 1 rings (SSSR count). The Balaban J connectivity index is 2.10. The monoisotopic (exact) mass is 174 g/mol. The predicted octanol–water partition coefficient (Wildman–Crippen LogP) is -0.352. The van der Waals surface area contributed by atoms with Crippen LogP contribution in [0.1, 0.15) is 12.8 Å². The largest absolute Gasteiger partial charge is 0.381 e. The van der Waals surface area contributed by atoms with Crippen molar-refractivity contribution < 1.29 is 5.11 Å². The minimum atomic E-state index is 0.0550. The van der Waals surface area contributed by atoms with Crippen LogP contribution in [0.25, 0.3) is 0 Å². The van der Waals surface area contributed by atoms with E-state index in [1.54, 1.807) is 0 Å². The maximum atomic E-state index is 8.44. The second-order valence-corrected chi connectivity index (χ2v) is 3.19. The molecule has 1 aliphatic rings. The van der Waals surface area contributed by atoms with Crippen molar-refractivity contribution in [1.29, 1.82) is 0 Å². The average molecular weight is 174 g/mol. The van der Waals surface area contributed by atoms with Crippen LogP contribution in [-0.2, 0) is 0 Å². The molecular formula is C7H14N2OS. The van der Waals surface area contributed by atoms with Crippen molar-refractivity contribution in [3.05, 3.63) is 0 Å².